The maximum absolute atomic E-state index is 13.5. The molecule has 0 saturated carbocycles. The Balaban J connectivity index is 1.65. The van der Waals surface area contributed by atoms with Crippen molar-refractivity contribution in [3.8, 4) is 5.75 Å². The number of nitrogens with zero attached hydrogens (tertiary/aromatic N) is 3. The molecule has 6 nitrogen and oxygen atoms in total. The first-order valence-corrected chi connectivity index (χ1v) is 9.97. The molecule has 31 heavy (non-hydrogen) atoms. The van der Waals surface area contributed by atoms with E-state index in [1.54, 1.807) is 19.3 Å². The summed E-state index contributed by atoms with van der Waals surface area (Å²) in [6.45, 7) is -0.0369. The lowest BCUT2D eigenvalue weighted by molar-refractivity contribution is -0.138. The number of carbonyl (C=O) groups is 1. The van der Waals surface area contributed by atoms with Gasteiger partial charge in [-0.3, -0.25) is 14.5 Å². The van der Waals surface area contributed by atoms with Gasteiger partial charge in [0.15, 0.2) is 0 Å². The van der Waals surface area contributed by atoms with Crippen LogP contribution in [-0.2, 0) is 12.7 Å². The Bertz CT molecular complexity index is 1230. The van der Waals surface area contributed by atoms with Crippen molar-refractivity contribution in [1.82, 2.24) is 15.1 Å². The Morgan fingerprint density at radius 3 is 2.77 bits per heavy atom. The van der Waals surface area contributed by atoms with E-state index in [0.29, 0.717) is 16.3 Å². The van der Waals surface area contributed by atoms with Gasteiger partial charge in [0.1, 0.15) is 11.6 Å². The number of aliphatic imine (C=N–C) groups is 1. The molecule has 1 aromatic heterocycles. The second kappa shape index (κ2) is 8.10. The van der Waals surface area contributed by atoms with Gasteiger partial charge in [0.05, 0.1) is 29.6 Å². The molecule has 1 aliphatic heterocycles. The fourth-order valence-electron chi connectivity index (χ4n) is 3.27. The number of carbonyl (C=O) groups excluding carboxylic acids is 1. The average molecular weight is 446 g/mol. The van der Waals surface area contributed by atoms with Crippen LogP contribution < -0.4 is 10.1 Å². The monoisotopic (exact) mass is 446 g/mol. The molecule has 1 N–H and O–H groups in total. The minimum absolute atomic E-state index is 0.0369. The zero-order chi connectivity index (χ0) is 22.2. The predicted molar refractivity (Wildman–Crippen MR) is 114 cm³/mol. The van der Waals surface area contributed by atoms with Gasteiger partial charge in [-0.1, -0.05) is 12.1 Å². The lowest BCUT2D eigenvalue weighted by Crippen LogP contribution is -2.18. The van der Waals surface area contributed by atoms with Crippen LogP contribution in [0, 0.1) is 0 Å². The van der Waals surface area contributed by atoms with Crippen molar-refractivity contribution in [1.29, 1.82) is 0 Å². The summed E-state index contributed by atoms with van der Waals surface area (Å²) in [5, 5.41) is 7.63. The van der Waals surface area contributed by atoms with E-state index in [9.17, 15) is 18.0 Å². The molecule has 0 radical (unpaired) electrons. The molecule has 0 unspecified atom stereocenters. The van der Waals surface area contributed by atoms with E-state index in [1.807, 2.05) is 18.2 Å². The van der Waals surface area contributed by atoms with Gasteiger partial charge in [-0.05, 0) is 53.2 Å². The number of benzene rings is 2. The summed E-state index contributed by atoms with van der Waals surface area (Å²) >= 11 is 1.05. The molecule has 1 amide bonds. The van der Waals surface area contributed by atoms with Gasteiger partial charge in [0.25, 0.3) is 5.24 Å². The summed E-state index contributed by atoms with van der Waals surface area (Å²) in [6, 6.07) is 9.37. The number of rotatable bonds is 4. The van der Waals surface area contributed by atoms with Gasteiger partial charge in [-0.15, -0.1) is 0 Å². The Hall–Kier alpha value is -3.27. The van der Waals surface area contributed by atoms with Gasteiger partial charge in [0, 0.05) is 18.6 Å². The molecule has 1 saturated heterocycles. The second-order valence-electron chi connectivity index (χ2n) is 6.76. The van der Waals surface area contributed by atoms with Crippen molar-refractivity contribution in [2.24, 2.45) is 4.99 Å². The van der Waals surface area contributed by atoms with Crippen LogP contribution >= 0.6 is 11.8 Å². The Labute approximate surface area is 179 Å². The van der Waals surface area contributed by atoms with Crippen molar-refractivity contribution < 1.29 is 22.7 Å². The van der Waals surface area contributed by atoms with Crippen LogP contribution in [0.25, 0.3) is 17.0 Å². The van der Waals surface area contributed by atoms with Crippen molar-refractivity contribution in [2.45, 2.75) is 12.7 Å². The van der Waals surface area contributed by atoms with Crippen molar-refractivity contribution in [2.75, 3.05) is 14.2 Å². The van der Waals surface area contributed by atoms with Gasteiger partial charge in [0.2, 0.25) is 0 Å². The van der Waals surface area contributed by atoms with Gasteiger partial charge in [-0.25, -0.2) is 0 Å². The topological polar surface area (TPSA) is 68.5 Å². The van der Waals surface area contributed by atoms with E-state index >= 15 is 0 Å². The molecule has 10 heteroatoms. The van der Waals surface area contributed by atoms with Gasteiger partial charge < -0.3 is 10.1 Å². The van der Waals surface area contributed by atoms with Crippen LogP contribution in [0.15, 0.2) is 52.5 Å². The van der Waals surface area contributed by atoms with E-state index in [4.69, 9.17) is 4.74 Å². The second-order valence-corrected chi connectivity index (χ2v) is 7.78. The zero-order valence-electron chi connectivity index (χ0n) is 16.5. The van der Waals surface area contributed by atoms with Crippen LogP contribution in [0.4, 0.5) is 18.0 Å². The number of hydrogen-bond acceptors (Lipinski definition) is 5. The minimum Gasteiger partial charge on any atom is -0.497 e. The highest BCUT2D eigenvalue weighted by Gasteiger charge is 2.34. The number of methoxy groups -OCH3 is 1. The van der Waals surface area contributed by atoms with Crippen LogP contribution in [0.2, 0.25) is 0 Å². The van der Waals surface area contributed by atoms with Crippen LogP contribution in [0.1, 0.15) is 16.7 Å². The third-order valence-electron chi connectivity index (χ3n) is 4.71. The number of thioether (sulfide) groups is 1. The molecule has 0 bridgehead atoms. The molecule has 0 spiro atoms. The molecule has 1 aliphatic rings. The van der Waals surface area contributed by atoms with E-state index in [1.165, 1.54) is 23.9 Å². The highest BCUT2D eigenvalue weighted by atomic mass is 32.2. The molecule has 4 rings (SSSR count). The quantitative estimate of drug-likeness (QED) is 0.617. The number of amidine groups is 1. The highest BCUT2D eigenvalue weighted by Crippen LogP contribution is 2.35. The predicted octanol–water partition coefficient (Wildman–Crippen LogP) is 4.94. The minimum atomic E-state index is -4.50. The largest absolute Gasteiger partial charge is 0.497 e. The summed E-state index contributed by atoms with van der Waals surface area (Å²) in [5.74, 6) is 0.650. The number of amides is 1. The van der Waals surface area contributed by atoms with E-state index in [2.05, 4.69) is 15.4 Å². The first-order chi connectivity index (χ1) is 14.8. The zero-order valence-corrected chi connectivity index (χ0v) is 17.3. The lowest BCUT2D eigenvalue weighted by Gasteiger charge is -2.14. The van der Waals surface area contributed by atoms with Gasteiger partial charge in [-0.2, -0.15) is 18.3 Å². The third-order valence-corrected chi connectivity index (χ3v) is 5.53. The Kier molecular flexibility index (Phi) is 5.48. The number of nitrogens with one attached hydrogen (secondary N) is 1. The molecule has 3 aromatic rings. The van der Waals surface area contributed by atoms with Crippen LogP contribution in [-0.4, -0.2) is 35.0 Å². The SMILES string of the molecule is CN=C1NC(=O)S/C1=C\c1ccc2nn(Cc3ccc(OC)cc3C(F)(F)F)cc2c1. The smallest absolute Gasteiger partial charge is 0.416 e. The average Bonchev–Trinajstić information content (AvgIpc) is 3.29. The summed E-state index contributed by atoms with van der Waals surface area (Å²) < 4.78 is 46.8. The normalized spacial score (nSPS) is 17.0. The van der Waals surface area contributed by atoms with Crippen LogP contribution in [0.3, 0.4) is 0 Å². The maximum atomic E-state index is 13.5. The Morgan fingerprint density at radius 1 is 1.26 bits per heavy atom. The standard InChI is InChI=1S/C21H17F3N4O2S/c1-25-19-18(31-20(29)26-19)8-12-3-6-17-14(7-12)11-28(27-17)10-13-4-5-15(30-2)9-16(13)21(22,23)24/h3-9,11H,10H2,1-2H3,(H,25,26,29)/b18-8-. The van der Waals surface area contributed by atoms with Crippen LogP contribution in [0.5, 0.6) is 5.75 Å². The first-order valence-electron chi connectivity index (χ1n) is 9.16. The summed E-state index contributed by atoms with van der Waals surface area (Å²) in [4.78, 5) is 16.3. The molecule has 0 aliphatic carbocycles. The van der Waals surface area contributed by atoms with E-state index in [0.717, 1.165) is 28.8 Å². The summed E-state index contributed by atoms with van der Waals surface area (Å²) in [6.07, 6.45) is -0.979. The molecular formula is C21H17F3N4O2S. The Morgan fingerprint density at radius 2 is 2.06 bits per heavy atom. The number of halogens is 3. The third kappa shape index (κ3) is 4.43. The first kappa shape index (κ1) is 21.0. The number of aromatic nitrogens is 2. The summed E-state index contributed by atoms with van der Waals surface area (Å²) in [5.41, 5.74) is 0.826. The number of hydrogen-bond donors (Lipinski definition) is 1. The van der Waals surface area contributed by atoms with Crippen molar-refractivity contribution in [3.63, 3.8) is 0 Å². The van der Waals surface area contributed by atoms with E-state index < -0.39 is 11.7 Å². The molecular weight excluding hydrogens is 429 g/mol. The highest BCUT2D eigenvalue weighted by molar-refractivity contribution is 8.18. The lowest BCUT2D eigenvalue weighted by atomic mass is 10.1. The molecule has 0 atom stereocenters. The maximum Gasteiger partial charge on any atom is 0.416 e. The number of fused-ring (bicyclic) bond motifs is 1. The van der Waals surface area contributed by atoms with Crippen molar-refractivity contribution in [3.05, 3.63) is 64.2 Å². The molecule has 2 heterocycles. The molecule has 160 valence electrons. The molecule has 2 aromatic carbocycles. The fourth-order valence-corrected chi connectivity index (χ4v) is 4.05. The van der Waals surface area contributed by atoms with Gasteiger partial charge >= 0.3 is 6.18 Å². The fraction of sp³-hybridized carbons (Fsp3) is 0.190. The number of ether oxygens (including phenoxy) is 1. The molecule has 1 fully saturated rings. The van der Waals surface area contributed by atoms with Crippen molar-refractivity contribution >= 4 is 39.8 Å². The number of alkyl halides is 3. The van der Waals surface area contributed by atoms with E-state index in [-0.39, 0.29) is 23.1 Å². The summed E-state index contributed by atoms with van der Waals surface area (Å²) in [7, 11) is 2.92.